The lowest BCUT2D eigenvalue weighted by Gasteiger charge is -2.30. The monoisotopic (exact) mass is 172 g/mol. The van der Waals surface area contributed by atoms with E-state index in [1.165, 1.54) is 25.7 Å². The maximum atomic E-state index is 5.20. The SMILES string of the molecule is COC[C@@H]1CCCC[C@H]1COC. The molecule has 2 heteroatoms. The van der Waals surface area contributed by atoms with Gasteiger partial charge in [0.1, 0.15) is 0 Å². The highest BCUT2D eigenvalue weighted by Gasteiger charge is 2.24. The van der Waals surface area contributed by atoms with Crippen molar-refractivity contribution in [1.82, 2.24) is 0 Å². The first-order chi connectivity index (χ1) is 5.88. The minimum Gasteiger partial charge on any atom is -0.384 e. The van der Waals surface area contributed by atoms with E-state index in [0.717, 1.165) is 25.0 Å². The van der Waals surface area contributed by atoms with E-state index in [1.54, 1.807) is 14.2 Å². The zero-order valence-electron chi connectivity index (χ0n) is 8.21. The van der Waals surface area contributed by atoms with E-state index in [-0.39, 0.29) is 0 Å². The number of hydrogen-bond acceptors (Lipinski definition) is 2. The van der Waals surface area contributed by atoms with Crippen molar-refractivity contribution in [3.8, 4) is 0 Å². The second-order valence-corrected chi connectivity index (χ2v) is 3.72. The summed E-state index contributed by atoms with van der Waals surface area (Å²) in [6.45, 7) is 1.82. The van der Waals surface area contributed by atoms with Gasteiger partial charge in [-0.2, -0.15) is 0 Å². The number of ether oxygens (including phenoxy) is 2. The molecule has 0 aromatic rings. The molecule has 0 amide bonds. The van der Waals surface area contributed by atoms with Crippen molar-refractivity contribution in [2.75, 3.05) is 27.4 Å². The van der Waals surface area contributed by atoms with Crippen molar-refractivity contribution >= 4 is 0 Å². The Morgan fingerprint density at radius 1 is 0.917 bits per heavy atom. The quantitative estimate of drug-likeness (QED) is 0.646. The number of rotatable bonds is 4. The molecule has 0 aliphatic heterocycles. The predicted molar refractivity (Wildman–Crippen MR) is 49.2 cm³/mol. The summed E-state index contributed by atoms with van der Waals surface area (Å²) in [7, 11) is 3.58. The van der Waals surface area contributed by atoms with E-state index < -0.39 is 0 Å². The zero-order chi connectivity index (χ0) is 8.81. The fraction of sp³-hybridized carbons (Fsp3) is 1.00. The smallest absolute Gasteiger partial charge is 0.0493 e. The van der Waals surface area contributed by atoms with Gasteiger partial charge in [-0.1, -0.05) is 12.8 Å². The summed E-state index contributed by atoms with van der Waals surface area (Å²) in [5, 5.41) is 0. The molecule has 0 spiro atoms. The zero-order valence-corrected chi connectivity index (χ0v) is 8.21. The maximum Gasteiger partial charge on any atom is 0.0493 e. The van der Waals surface area contributed by atoms with Crippen molar-refractivity contribution in [2.45, 2.75) is 25.7 Å². The first kappa shape index (κ1) is 10.0. The van der Waals surface area contributed by atoms with Crippen LogP contribution in [-0.2, 0) is 9.47 Å². The lowest BCUT2D eigenvalue weighted by atomic mass is 9.80. The van der Waals surface area contributed by atoms with Crippen LogP contribution in [-0.4, -0.2) is 27.4 Å². The molecule has 0 heterocycles. The third-order valence-electron chi connectivity index (χ3n) is 2.83. The lowest BCUT2D eigenvalue weighted by molar-refractivity contribution is 0.0465. The van der Waals surface area contributed by atoms with E-state index in [2.05, 4.69) is 0 Å². The van der Waals surface area contributed by atoms with E-state index in [1.807, 2.05) is 0 Å². The van der Waals surface area contributed by atoms with Crippen LogP contribution in [0.4, 0.5) is 0 Å². The van der Waals surface area contributed by atoms with Gasteiger partial charge in [-0.05, 0) is 24.7 Å². The van der Waals surface area contributed by atoms with E-state index in [4.69, 9.17) is 9.47 Å². The molecular weight excluding hydrogens is 152 g/mol. The largest absolute Gasteiger partial charge is 0.384 e. The number of methoxy groups -OCH3 is 2. The van der Waals surface area contributed by atoms with Crippen LogP contribution in [0.5, 0.6) is 0 Å². The Bertz CT molecular complexity index is 96.4. The van der Waals surface area contributed by atoms with E-state index >= 15 is 0 Å². The molecule has 1 saturated carbocycles. The highest BCUT2D eigenvalue weighted by molar-refractivity contribution is 4.74. The van der Waals surface area contributed by atoms with Crippen LogP contribution in [0, 0.1) is 11.8 Å². The van der Waals surface area contributed by atoms with Gasteiger partial charge in [0.25, 0.3) is 0 Å². The minimum absolute atomic E-state index is 0.740. The van der Waals surface area contributed by atoms with Crippen LogP contribution in [0.1, 0.15) is 25.7 Å². The van der Waals surface area contributed by atoms with Gasteiger partial charge in [0, 0.05) is 27.4 Å². The van der Waals surface area contributed by atoms with Gasteiger partial charge < -0.3 is 9.47 Å². The van der Waals surface area contributed by atoms with Gasteiger partial charge in [-0.25, -0.2) is 0 Å². The molecule has 0 saturated heterocycles. The molecule has 0 N–H and O–H groups in total. The van der Waals surface area contributed by atoms with Gasteiger partial charge >= 0.3 is 0 Å². The third kappa shape index (κ3) is 2.76. The van der Waals surface area contributed by atoms with Gasteiger partial charge in [0.05, 0.1) is 0 Å². The Morgan fingerprint density at radius 3 is 1.67 bits per heavy atom. The molecule has 1 fully saturated rings. The molecule has 1 aliphatic carbocycles. The van der Waals surface area contributed by atoms with Crippen LogP contribution in [0.3, 0.4) is 0 Å². The first-order valence-corrected chi connectivity index (χ1v) is 4.86. The molecule has 0 aromatic heterocycles. The van der Waals surface area contributed by atoms with E-state index in [9.17, 15) is 0 Å². The summed E-state index contributed by atoms with van der Waals surface area (Å²) in [6.07, 6.45) is 5.38. The summed E-state index contributed by atoms with van der Waals surface area (Å²) >= 11 is 0. The van der Waals surface area contributed by atoms with Crippen LogP contribution >= 0.6 is 0 Å². The van der Waals surface area contributed by atoms with Gasteiger partial charge in [-0.15, -0.1) is 0 Å². The molecule has 1 rings (SSSR count). The average molecular weight is 172 g/mol. The second kappa shape index (κ2) is 5.55. The van der Waals surface area contributed by atoms with Crippen LogP contribution in [0.15, 0.2) is 0 Å². The third-order valence-corrected chi connectivity index (χ3v) is 2.83. The molecule has 0 radical (unpaired) electrons. The molecule has 12 heavy (non-hydrogen) atoms. The Kier molecular flexibility index (Phi) is 4.62. The van der Waals surface area contributed by atoms with Crippen molar-refractivity contribution in [3.05, 3.63) is 0 Å². The normalized spacial score (nSPS) is 30.5. The summed E-state index contributed by atoms with van der Waals surface area (Å²) in [5.74, 6) is 1.48. The summed E-state index contributed by atoms with van der Waals surface area (Å²) in [5.41, 5.74) is 0. The molecule has 0 unspecified atom stereocenters. The van der Waals surface area contributed by atoms with Crippen molar-refractivity contribution < 1.29 is 9.47 Å². The highest BCUT2D eigenvalue weighted by Crippen LogP contribution is 2.30. The van der Waals surface area contributed by atoms with Crippen LogP contribution in [0.2, 0.25) is 0 Å². The lowest BCUT2D eigenvalue weighted by Crippen LogP contribution is -2.26. The van der Waals surface area contributed by atoms with Gasteiger partial charge in [0.15, 0.2) is 0 Å². The maximum absolute atomic E-state index is 5.20. The Labute approximate surface area is 75.2 Å². The molecule has 0 aromatic carbocycles. The first-order valence-electron chi connectivity index (χ1n) is 4.86. The van der Waals surface area contributed by atoms with E-state index in [0.29, 0.717) is 0 Å². The summed E-state index contributed by atoms with van der Waals surface area (Å²) in [6, 6.07) is 0. The highest BCUT2D eigenvalue weighted by atomic mass is 16.5. The predicted octanol–water partition coefficient (Wildman–Crippen LogP) is 2.09. The average Bonchev–Trinajstić information content (AvgIpc) is 2.09. The Balaban J connectivity index is 2.31. The molecule has 2 nitrogen and oxygen atoms in total. The number of hydrogen-bond donors (Lipinski definition) is 0. The van der Waals surface area contributed by atoms with Gasteiger partial charge in [-0.3, -0.25) is 0 Å². The standard InChI is InChI=1S/C10H20O2/c1-11-7-9-5-3-4-6-10(9)8-12-2/h9-10H,3-8H2,1-2H3/t9-,10-/m0/s1. The minimum atomic E-state index is 0.740. The molecule has 0 bridgehead atoms. The molecule has 2 atom stereocenters. The van der Waals surface area contributed by atoms with Gasteiger partial charge in [0.2, 0.25) is 0 Å². The summed E-state index contributed by atoms with van der Waals surface area (Å²) in [4.78, 5) is 0. The fourth-order valence-electron chi connectivity index (χ4n) is 2.15. The Hall–Kier alpha value is -0.0800. The van der Waals surface area contributed by atoms with Crippen LogP contribution in [0.25, 0.3) is 0 Å². The van der Waals surface area contributed by atoms with Crippen molar-refractivity contribution in [3.63, 3.8) is 0 Å². The van der Waals surface area contributed by atoms with Crippen molar-refractivity contribution in [1.29, 1.82) is 0 Å². The van der Waals surface area contributed by atoms with Crippen molar-refractivity contribution in [2.24, 2.45) is 11.8 Å². The topological polar surface area (TPSA) is 18.5 Å². The molecule has 72 valence electrons. The van der Waals surface area contributed by atoms with Crippen LogP contribution < -0.4 is 0 Å². The molecule has 1 aliphatic rings. The second-order valence-electron chi connectivity index (χ2n) is 3.72. The fourth-order valence-corrected chi connectivity index (χ4v) is 2.15. The molecular formula is C10H20O2. The summed E-state index contributed by atoms with van der Waals surface area (Å²) < 4.78 is 10.4. The Morgan fingerprint density at radius 2 is 1.33 bits per heavy atom.